The summed E-state index contributed by atoms with van der Waals surface area (Å²) < 4.78 is 26.2. The molecule has 2 saturated heterocycles. The highest BCUT2D eigenvalue weighted by Crippen LogP contribution is 2.43. The Kier molecular flexibility index (Phi) is 7.59. The molecule has 0 unspecified atom stereocenters. The van der Waals surface area contributed by atoms with Gasteiger partial charge in [0.15, 0.2) is 5.76 Å². The van der Waals surface area contributed by atoms with Crippen LogP contribution >= 0.6 is 0 Å². The quantitative estimate of drug-likeness (QED) is 0.249. The second-order valence-electron chi connectivity index (χ2n) is 13.0. The fraction of sp³-hybridized carbons (Fsp3) is 0.270. The first-order valence-corrected chi connectivity index (χ1v) is 16.3. The summed E-state index contributed by atoms with van der Waals surface area (Å²) in [6.07, 6.45) is 6.80. The molecule has 5 aromatic rings. The van der Waals surface area contributed by atoms with Crippen LogP contribution in [0.1, 0.15) is 44.7 Å². The highest BCUT2D eigenvalue weighted by molar-refractivity contribution is 6.10. The van der Waals surface area contributed by atoms with Crippen LogP contribution in [0.2, 0.25) is 0 Å². The van der Waals surface area contributed by atoms with Gasteiger partial charge in [0.2, 0.25) is 0 Å². The molecule has 0 radical (unpaired) electrons. The fourth-order valence-electron chi connectivity index (χ4n) is 7.00. The molecule has 2 N–H and O–H groups in total. The lowest BCUT2D eigenvalue weighted by atomic mass is 9.73. The maximum absolute atomic E-state index is 14.6. The van der Waals surface area contributed by atoms with Crippen molar-refractivity contribution in [2.24, 2.45) is 5.41 Å². The summed E-state index contributed by atoms with van der Waals surface area (Å²) in [5.74, 6) is 0.161. The third-order valence-corrected chi connectivity index (χ3v) is 9.63. The maximum atomic E-state index is 14.6. The summed E-state index contributed by atoms with van der Waals surface area (Å²) in [7, 11) is 0. The Morgan fingerprint density at radius 1 is 1.02 bits per heavy atom. The van der Waals surface area contributed by atoms with Crippen LogP contribution in [-0.4, -0.2) is 59.6 Å². The number of ether oxygens (including phenoxy) is 1. The van der Waals surface area contributed by atoms with Crippen molar-refractivity contribution < 1.29 is 23.1 Å². The molecule has 2 fully saturated rings. The zero-order chi connectivity index (χ0) is 33.7. The van der Waals surface area contributed by atoms with E-state index in [1.807, 2.05) is 13.0 Å². The number of fused-ring (bicyclic) bond motifs is 3. The van der Waals surface area contributed by atoms with E-state index in [0.29, 0.717) is 51.8 Å². The number of halogens is 1. The number of amides is 2. The Morgan fingerprint density at radius 3 is 2.59 bits per heavy atom. The monoisotopic (exact) mass is 660 g/mol. The van der Waals surface area contributed by atoms with Gasteiger partial charge >= 0.3 is 0 Å². The van der Waals surface area contributed by atoms with Crippen LogP contribution in [-0.2, 0) is 11.2 Å². The summed E-state index contributed by atoms with van der Waals surface area (Å²) in [6, 6.07) is 14.8. The van der Waals surface area contributed by atoms with E-state index < -0.39 is 5.82 Å². The number of nitrogens with one attached hydrogen (secondary N) is 2. The minimum absolute atomic E-state index is 0.223. The van der Waals surface area contributed by atoms with Crippen molar-refractivity contribution in [1.82, 2.24) is 15.0 Å². The number of rotatable bonds is 5. The second-order valence-corrected chi connectivity index (χ2v) is 13.0. The third-order valence-electron chi connectivity index (χ3n) is 9.63. The minimum Gasteiger partial charge on any atom is -0.454 e. The largest absolute Gasteiger partial charge is 0.454 e. The number of carbonyl (C=O) groups is 2. The summed E-state index contributed by atoms with van der Waals surface area (Å²) >= 11 is 0. The number of carbonyl (C=O) groups excluding carboxylic acids is 2. The van der Waals surface area contributed by atoms with Crippen LogP contribution in [0.3, 0.4) is 0 Å². The molecule has 248 valence electrons. The summed E-state index contributed by atoms with van der Waals surface area (Å²) in [4.78, 5) is 55.1. The normalized spacial score (nSPS) is 16.4. The molecule has 0 bridgehead atoms. The Morgan fingerprint density at radius 2 is 1.82 bits per heavy atom. The van der Waals surface area contributed by atoms with E-state index in [1.54, 1.807) is 48.7 Å². The van der Waals surface area contributed by atoms with Gasteiger partial charge in [0.25, 0.3) is 17.4 Å². The standard InChI is InChI=1S/C37H33FN6O5/c1-22-15-28(33(41-18-22)43-20-37(21-43)9-13-48-14-10-37)35(46)42-26-6-4-23(5-7-26)36(47)44-12-8-24-16-30(27-3-2-11-39-34(27)45)49-32(24)31-29(44)17-25(38)19-40-31/h2-7,11,15-19H,8-10,12-14,20-21H2,1H3,(H,39,45)(H,42,46). The number of H-pyrrole nitrogens is 1. The third kappa shape index (κ3) is 5.67. The number of hydrogen-bond donors (Lipinski definition) is 2. The van der Waals surface area contributed by atoms with Crippen molar-refractivity contribution in [2.75, 3.05) is 48.0 Å². The van der Waals surface area contributed by atoms with E-state index >= 15 is 0 Å². The average molecular weight is 661 g/mol. The number of aromatic amines is 1. The van der Waals surface area contributed by atoms with E-state index in [-0.39, 0.29) is 35.0 Å². The molecule has 0 atom stereocenters. The topological polar surface area (TPSA) is 134 Å². The van der Waals surface area contributed by atoms with E-state index in [9.17, 15) is 18.8 Å². The average Bonchev–Trinajstić information content (AvgIpc) is 3.45. The van der Waals surface area contributed by atoms with Crippen LogP contribution in [0, 0.1) is 18.2 Å². The Hall–Kier alpha value is -5.62. The lowest BCUT2D eigenvalue weighted by molar-refractivity contribution is -0.000510. The molecule has 1 aromatic carbocycles. The van der Waals surface area contributed by atoms with Crippen LogP contribution in [0.15, 0.2) is 82.4 Å². The van der Waals surface area contributed by atoms with E-state index in [2.05, 4.69) is 25.2 Å². The van der Waals surface area contributed by atoms with Gasteiger partial charge < -0.3 is 29.3 Å². The smallest absolute Gasteiger partial charge is 0.259 e. The number of furan rings is 1. The van der Waals surface area contributed by atoms with Crippen LogP contribution in [0.4, 0.5) is 21.6 Å². The molecular weight excluding hydrogens is 627 g/mol. The van der Waals surface area contributed by atoms with E-state index in [1.165, 1.54) is 17.2 Å². The minimum atomic E-state index is -0.601. The molecule has 8 rings (SSSR count). The predicted molar refractivity (Wildman–Crippen MR) is 181 cm³/mol. The van der Waals surface area contributed by atoms with Crippen molar-refractivity contribution in [3.05, 3.63) is 112 Å². The molecule has 0 aliphatic carbocycles. The number of aromatic nitrogens is 3. The second kappa shape index (κ2) is 12.1. The highest BCUT2D eigenvalue weighted by atomic mass is 19.1. The van der Waals surface area contributed by atoms with Gasteiger partial charge in [-0.25, -0.2) is 14.4 Å². The first kappa shape index (κ1) is 30.7. The Balaban J connectivity index is 1.01. The van der Waals surface area contributed by atoms with Crippen LogP contribution < -0.4 is 20.7 Å². The number of aryl methyl sites for hydroxylation is 1. The number of anilines is 3. The molecular formula is C37H33FN6O5. The zero-order valence-electron chi connectivity index (χ0n) is 26.8. The molecule has 11 nitrogen and oxygen atoms in total. The number of hydrogen-bond acceptors (Lipinski definition) is 8. The SMILES string of the molecule is Cc1cnc(N2CC3(CCOCC3)C2)c(C(=O)Nc2ccc(C(=O)N3CCc4cc(-c5ccc[nH]c5=O)oc4-c4ncc(F)cc43)cc2)c1. The van der Waals surface area contributed by atoms with E-state index in [4.69, 9.17) is 9.15 Å². The lowest BCUT2D eigenvalue weighted by Crippen LogP contribution is -2.59. The van der Waals surface area contributed by atoms with Crippen molar-refractivity contribution in [3.63, 3.8) is 0 Å². The van der Waals surface area contributed by atoms with Crippen molar-refractivity contribution in [1.29, 1.82) is 0 Å². The molecule has 1 spiro atoms. The lowest BCUT2D eigenvalue weighted by Gasteiger charge is -2.53. The van der Waals surface area contributed by atoms with Crippen LogP contribution in [0.25, 0.3) is 22.8 Å². The van der Waals surface area contributed by atoms with Crippen molar-refractivity contribution >= 4 is 29.0 Å². The van der Waals surface area contributed by atoms with Gasteiger partial charge in [0, 0.05) is 73.5 Å². The maximum Gasteiger partial charge on any atom is 0.259 e. The Bertz CT molecular complexity index is 2150. The molecule has 0 saturated carbocycles. The predicted octanol–water partition coefficient (Wildman–Crippen LogP) is 5.61. The zero-order valence-corrected chi connectivity index (χ0v) is 26.8. The molecule has 3 aliphatic rings. The highest BCUT2D eigenvalue weighted by Gasteiger charge is 2.45. The van der Waals surface area contributed by atoms with Gasteiger partial charge in [-0.3, -0.25) is 14.4 Å². The molecule has 3 aliphatic heterocycles. The molecule has 7 heterocycles. The molecule has 49 heavy (non-hydrogen) atoms. The Labute approximate surface area is 280 Å². The summed E-state index contributed by atoms with van der Waals surface area (Å²) in [5, 5.41) is 2.96. The van der Waals surface area contributed by atoms with Gasteiger partial charge in [0.05, 0.1) is 23.0 Å². The first-order chi connectivity index (χ1) is 23.8. The number of benzene rings is 1. The summed E-state index contributed by atoms with van der Waals surface area (Å²) in [6.45, 7) is 5.35. The van der Waals surface area contributed by atoms with Crippen molar-refractivity contribution in [3.8, 4) is 22.8 Å². The number of pyridine rings is 3. The van der Waals surface area contributed by atoms with Gasteiger partial charge in [-0.05, 0) is 80.3 Å². The van der Waals surface area contributed by atoms with Gasteiger partial charge in [-0.1, -0.05) is 0 Å². The number of nitrogens with zero attached hydrogens (tertiary/aromatic N) is 4. The van der Waals surface area contributed by atoms with Gasteiger partial charge in [-0.2, -0.15) is 0 Å². The van der Waals surface area contributed by atoms with Gasteiger partial charge in [-0.15, -0.1) is 0 Å². The molecule has 4 aromatic heterocycles. The molecule has 2 amide bonds. The van der Waals surface area contributed by atoms with Crippen LogP contribution in [0.5, 0.6) is 0 Å². The molecule has 12 heteroatoms. The van der Waals surface area contributed by atoms with Crippen molar-refractivity contribution in [2.45, 2.75) is 26.2 Å². The first-order valence-electron chi connectivity index (χ1n) is 16.3. The van der Waals surface area contributed by atoms with Gasteiger partial charge in [0.1, 0.15) is 23.1 Å². The van der Waals surface area contributed by atoms with E-state index in [0.717, 1.165) is 56.5 Å². The fourth-order valence-corrected chi connectivity index (χ4v) is 7.00. The summed E-state index contributed by atoms with van der Waals surface area (Å²) in [5.41, 5.74) is 3.84.